The van der Waals surface area contributed by atoms with Gasteiger partial charge in [-0.1, -0.05) is 48.0 Å². The predicted molar refractivity (Wildman–Crippen MR) is 102 cm³/mol. The lowest BCUT2D eigenvalue weighted by molar-refractivity contribution is -0.145. The van der Waals surface area contributed by atoms with Gasteiger partial charge in [0.15, 0.2) is 5.58 Å². The number of para-hydroxylation sites is 3. The molecule has 1 atom stereocenters. The minimum atomic E-state index is -1.19. The standard InChI is InChI=1S/C21H14ClNO4/c22-14-11-9-13(10-12-14)19(21(24)25)26-17-7-3-1-5-15(17)20-23-16-6-2-4-8-18(16)27-20/h1-12,19H,(H,24,25). The first-order valence-corrected chi connectivity index (χ1v) is 8.59. The fraction of sp³-hybridized carbons (Fsp3) is 0.0476. The van der Waals surface area contributed by atoms with Crippen molar-refractivity contribution < 1.29 is 19.1 Å². The van der Waals surface area contributed by atoms with E-state index >= 15 is 0 Å². The number of fused-ring (bicyclic) bond motifs is 1. The fourth-order valence-electron chi connectivity index (χ4n) is 2.76. The Balaban J connectivity index is 1.73. The lowest BCUT2D eigenvalue weighted by Crippen LogP contribution is -2.18. The third kappa shape index (κ3) is 3.50. The number of rotatable bonds is 5. The Hall–Kier alpha value is -3.31. The highest BCUT2D eigenvalue weighted by Gasteiger charge is 2.24. The van der Waals surface area contributed by atoms with Crippen molar-refractivity contribution in [3.63, 3.8) is 0 Å². The maximum Gasteiger partial charge on any atom is 0.349 e. The number of aliphatic carboxylic acids is 1. The first kappa shape index (κ1) is 17.1. The predicted octanol–water partition coefficient (Wildman–Crippen LogP) is 5.35. The van der Waals surface area contributed by atoms with Gasteiger partial charge in [-0.3, -0.25) is 0 Å². The first-order valence-electron chi connectivity index (χ1n) is 8.22. The molecule has 0 saturated carbocycles. The Kier molecular flexibility index (Phi) is 4.52. The number of carbonyl (C=O) groups is 1. The van der Waals surface area contributed by atoms with Crippen molar-refractivity contribution in [2.45, 2.75) is 6.10 Å². The molecule has 0 amide bonds. The Morgan fingerprint density at radius 1 is 1.00 bits per heavy atom. The largest absolute Gasteiger partial charge is 0.478 e. The molecule has 6 heteroatoms. The average Bonchev–Trinajstić information content (AvgIpc) is 3.11. The molecule has 1 N–H and O–H groups in total. The molecule has 3 aromatic carbocycles. The summed E-state index contributed by atoms with van der Waals surface area (Å²) in [6.45, 7) is 0. The van der Waals surface area contributed by atoms with E-state index in [2.05, 4.69) is 4.98 Å². The minimum Gasteiger partial charge on any atom is -0.478 e. The molecule has 1 unspecified atom stereocenters. The van der Waals surface area contributed by atoms with E-state index in [0.717, 1.165) is 5.52 Å². The zero-order chi connectivity index (χ0) is 18.8. The van der Waals surface area contributed by atoms with E-state index in [9.17, 15) is 9.90 Å². The van der Waals surface area contributed by atoms with Crippen molar-refractivity contribution in [1.82, 2.24) is 4.98 Å². The van der Waals surface area contributed by atoms with Crippen LogP contribution in [0.4, 0.5) is 0 Å². The molecule has 27 heavy (non-hydrogen) atoms. The van der Waals surface area contributed by atoms with E-state index in [1.165, 1.54) is 0 Å². The van der Waals surface area contributed by atoms with Crippen LogP contribution in [0, 0.1) is 0 Å². The van der Waals surface area contributed by atoms with Crippen LogP contribution >= 0.6 is 11.6 Å². The molecule has 0 aliphatic heterocycles. The van der Waals surface area contributed by atoms with Crippen LogP contribution in [0.5, 0.6) is 5.75 Å². The summed E-state index contributed by atoms with van der Waals surface area (Å²) in [7, 11) is 0. The third-order valence-corrected chi connectivity index (χ3v) is 4.31. The number of carboxylic acids is 1. The molecule has 0 saturated heterocycles. The van der Waals surface area contributed by atoms with Gasteiger partial charge in [0.2, 0.25) is 12.0 Å². The lowest BCUT2D eigenvalue weighted by Gasteiger charge is -2.17. The number of halogens is 1. The molecule has 4 aromatic rings. The van der Waals surface area contributed by atoms with Crippen LogP contribution in [0.25, 0.3) is 22.6 Å². The van der Waals surface area contributed by atoms with Gasteiger partial charge in [-0.2, -0.15) is 0 Å². The number of oxazole rings is 1. The van der Waals surface area contributed by atoms with Gasteiger partial charge in [-0.05, 0) is 36.4 Å². The Labute approximate surface area is 159 Å². The maximum absolute atomic E-state index is 11.8. The molecule has 4 rings (SSSR count). The highest BCUT2D eigenvalue weighted by Crippen LogP contribution is 2.34. The SMILES string of the molecule is O=C(O)C(Oc1ccccc1-c1nc2ccccc2o1)c1ccc(Cl)cc1. The van der Waals surface area contributed by atoms with Crippen LogP contribution < -0.4 is 4.74 Å². The summed E-state index contributed by atoms with van der Waals surface area (Å²) in [4.78, 5) is 16.2. The van der Waals surface area contributed by atoms with Gasteiger partial charge in [0, 0.05) is 10.6 Å². The van der Waals surface area contributed by atoms with Gasteiger partial charge in [0.1, 0.15) is 11.3 Å². The second-order valence-corrected chi connectivity index (χ2v) is 6.31. The van der Waals surface area contributed by atoms with Crippen molar-refractivity contribution in [1.29, 1.82) is 0 Å². The molecule has 0 aliphatic rings. The van der Waals surface area contributed by atoms with Crippen LogP contribution in [0.15, 0.2) is 77.2 Å². The fourth-order valence-corrected chi connectivity index (χ4v) is 2.89. The molecule has 1 heterocycles. The van der Waals surface area contributed by atoms with Crippen molar-refractivity contribution in [3.8, 4) is 17.2 Å². The number of carboxylic acid groups (broad SMARTS) is 1. The Morgan fingerprint density at radius 3 is 2.44 bits per heavy atom. The summed E-state index contributed by atoms with van der Waals surface area (Å²) in [5.41, 5.74) is 2.43. The molecular weight excluding hydrogens is 366 g/mol. The van der Waals surface area contributed by atoms with Crippen molar-refractivity contribution in [2.75, 3.05) is 0 Å². The van der Waals surface area contributed by atoms with Crippen LogP contribution in [0.1, 0.15) is 11.7 Å². The molecular formula is C21H14ClNO4. The number of aromatic nitrogens is 1. The molecule has 0 radical (unpaired) electrons. The second kappa shape index (κ2) is 7.13. The van der Waals surface area contributed by atoms with E-state index in [1.54, 1.807) is 42.5 Å². The Bertz CT molecular complexity index is 1070. The second-order valence-electron chi connectivity index (χ2n) is 5.87. The molecule has 0 bridgehead atoms. The van der Waals surface area contributed by atoms with E-state index in [1.807, 2.05) is 30.3 Å². The highest BCUT2D eigenvalue weighted by atomic mass is 35.5. The van der Waals surface area contributed by atoms with Gasteiger partial charge in [-0.15, -0.1) is 0 Å². The number of hydrogen-bond donors (Lipinski definition) is 1. The number of benzene rings is 3. The van der Waals surface area contributed by atoms with E-state index in [0.29, 0.717) is 33.4 Å². The van der Waals surface area contributed by atoms with Crippen LogP contribution in [-0.4, -0.2) is 16.1 Å². The van der Waals surface area contributed by atoms with Crippen molar-refractivity contribution >= 4 is 28.7 Å². The highest BCUT2D eigenvalue weighted by molar-refractivity contribution is 6.30. The topological polar surface area (TPSA) is 72.6 Å². The molecule has 134 valence electrons. The summed E-state index contributed by atoms with van der Waals surface area (Å²) in [6.07, 6.45) is -1.19. The summed E-state index contributed by atoms with van der Waals surface area (Å²) in [6, 6.07) is 21.0. The van der Waals surface area contributed by atoms with Crippen LogP contribution in [0.2, 0.25) is 5.02 Å². The number of nitrogens with zero attached hydrogens (tertiary/aromatic N) is 1. The van der Waals surface area contributed by atoms with E-state index < -0.39 is 12.1 Å². The summed E-state index contributed by atoms with van der Waals surface area (Å²) in [5, 5.41) is 10.2. The average molecular weight is 380 g/mol. The van der Waals surface area contributed by atoms with Crippen LogP contribution in [-0.2, 0) is 4.79 Å². The maximum atomic E-state index is 11.8. The zero-order valence-electron chi connectivity index (χ0n) is 14.0. The van der Waals surface area contributed by atoms with E-state index in [-0.39, 0.29) is 0 Å². The molecule has 0 fully saturated rings. The molecule has 0 aliphatic carbocycles. The smallest absolute Gasteiger partial charge is 0.349 e. The van der Waals surface area contributed by atoms with Gasteiger partial charge >= 0.3 is 5.97 Å². The third-order valence-electron chi connectivity index (χ3n) is 4.05. The number of ether oxygens (including phenoxy) is 1. The summed E-state index contributed by atoms with van der Waals surface area (Å²) < 4.78 is 11.6. The summed E-state index contributed by atoms with van der Waals surface area (Å²) in [5.74, 6) is -0.372. The minimum absolute atomic E-state index is 0.367. The van der Waals surface area contributed by atoms with E-state index in [4.69, 9.17) is 20.8 Å². The van der Waals surface area contributed by atoms with Gasteiger partial charge < -0.3 is 14.3 Å². The lowest BCUT2D eigenvalue weighted by atomic mass is 10.1. The zero-order valence-corrected chi connectivity index (χ0v) is 14.8. The normalized spacial score (nSPS) is 12.0. The molecule has 0 spiro atoms. The summed E-state index contributed by atoms with van der Waals surface area (Å²) >= 11 is 5.89. The first-order chi connectivity index (χ1) is 13.1. The molecule has 1 aromatic heterocycles. The van der Waals surface area contributed by atoms with Crippen molar-refractivity contribution in [2.24, 2.45) is 0 Å². The van der Waals surface area contributed by atoms with Crippen molar-refractivity contribution in [3.05, 3.63) is 83.4 Å². The van der Waals surface area contributed by atoms with Gasteiger partial charge in [0.05, 0.1) is 5.56 Å². The number of hydrogen-bond acceptors (Lipinski definition) is 4. The Morgan fingerprint density at radius 2 is 1.70 bits per heavy atom. The van der Waals surface area contributed by atoms with Gasteiger partial charge in [-0.25, -0.2) is 9.78 Å². The quantitative estimate of drug-likeness (QED) is 0.505. The van der Waals surface area contributed by atoms with Gasteiger partial charge in [0.25, 0.3) is 0 Å². The molecule has 5 nitrogen and oxygen atoms in total. The van der Waals surface area contributed by atoms with Crippen LogP contribution in [0.3, 0.4) is 0 Å². The monoisotopic (exact) mass is 379 g/mol.